The van der Waals surface area contributed by atoms with E-state index >= 15 is 0 Å². The second-order valence-electron chi connectivity index (χ2n) is 4.15. The van der Waals surface area contributed by atoms with Crippen molar-refractivity contribution in [2.75, 3.05) is 0 Å². The molecule has 2 heterocycles. The third-order valence-electron chi connectivity index (χ3n) is 2.93. The zero-order valence-electron chi connectivity index (χ0n) is 10.3. The molecule has 17 heavy (non-hydrogen) atoms. The lowest BCUT2D eigenvalue weighted by Gasteiger charge is -2.21. The fourth-order valence-electron chi connectivity index (χ4n) is 1.92. The lowest BCUT2D eigenvalue weighted by atomic mass is 10.1. The zero-order chi connectivity index (χ0) is 12.1. The van der Waals surface area contributed by atoms with Gasteiger partial charge in [0.2, 0.25) is 0 Å². The van der Waals surface area contributed by atoms with Crippen molar-refractivity contribution in [1.29, 1.82) is 0 Å². The summed E-state index contributed by atoms with van der Waals surface area (Å²) in [6, 6.07) is 9.17. The molecule has 3 heteroatoms. The first-order valence-electron chi connectivity index (χ1n) is 6.00. The van der Waals surface area contributed by atoms with E-state index in [1.54, 1.807) is 0 Å². The molecule has 0 spiro atoms. The van der Waals surface area contributed by atoms with Gasteiger partial charge in [-0.1, -0.05) is 19.1 Å². The molecule has 2 aromatic rings. The number of nitrogens with zero attached hydrogens (tertiary/aromatic N) is 1. The van der Waals surface area contributed by atoms with Crippen LogP contribution in [-0.4, -0.2) is 4.98 Å². The van der Waals surface area contributed by atoms with Crippen LogP contribution in [0.2, 0.25) is 0 Å². The molecule has 0 aliphatic heterocycles. The summed E-state index contributed by atoms with van der Waals surface area (Å²) in [5, 5.41) is 5.79. The van der Waals surface area contributed by atoms with E-state index in [0.29, 0.717) is 12.1 Å². The highest BCUT2D eigenvalue weighted by Crippen LogP contribution is 2.25. The molecule has 0 aromatic carbocycles. The van der Waals surface area contributed by atoms with Crippen LogP contribution in [0.5, 0.6) is 0 Å². The van der Waals surface area contributed by atoms with Crippen molar-refractivity contribution < 1.29 is 0 Å². The normalized spacial score (nSPS) is 14.5. The van der Waals surface area contributed by atoms with Gasteiger partial charge in [-0.2, -0.15) is 0 Å². The van der Waals surface area contributed by atoms with Gasteiger partial charge in [0, 0.05) is 29.4 Å². The first-order chi connectivity index (χ1) is 8.31. The fourth-order valence-corrected chi connectivity index (χ4v) is 2.79. The van der Waals surface area contributed by atoms with Crippen LogP contribution < -0.4 is 5.32 Å². The van der Waals surface area contributed by atoms with Gasteiger partial charge in [0.15, 0.2) is 0 Å². The van der Waals surface area contributed by atoms with Crippen molar-refractivity contribution >= 4 is 11.3 Å². The van der Waals surface area contributed by atoms with Gasteiger partial charge < -0.3 is 5.32 Å². The standard InChI is InChI=1S/C14H18N2S/c1-3-13(14-7-5-9-17-14)16-11(2)12-6-4-8-15-10-12/h4-11,13,16H,3H2,1-2H3. The second kappa shape index (κ2) is 5.94. The molecular formula is C14H18N2S. The molecule has 2 nitrogen and oxygen atoms in total. The number of hydrogen-bond acceptors (Lipinski definition) is 3. The fraction of sp³-hybridized carbons (Fsp3) is 0.357. The van der Waals surface area contributed by atoms with Crippen molar-refractivity contribution in [2.45, 2.75) is 32.4 Å². The summed E-state index contributed by atoms with van der Waals surface area (Å²) in [6.07, 6.45) is 4.84. The smallest absolute Gasteiger partial charge is 0.0416 e. The molecule has 0 bridgehead atoms. The Morgan fingerprint density at radius 2 is 2.24 bits per heavy atom. The van der Waals surface area contributed by atoms with Crippen LogP contribution in [-0.2, 0) is 0 Å². The average Bonchev–Trinajstić information content (AvgIpc) is 2.90. The molecule has 2 atom stereocenters. The maximum Gasteiger partial charge on any atom is 0.0416 e. The maximum atomic E-state index is 4.16. The van der Waals surface area contributed by atoms with Crippen molar-refractivity contribution in [3.8, 4) is 0 Å². The van der Waals surface area contributed by atoms with Gasteiger partial charge in [-0.05, 0) is 36.4 Å². The molecule has 2 unspecified atom stereocenters. The highest BCUT2D eigenvalue weighted by molar-refractivity contribution is 7.10. The van der Waals surface area contributed by atoms with Gasteiger partial charge in [-0.3, -0.25) is 4.98 Å². The van der Waals surface area contributed by atoms with E-state index in [2.05, 4.69) is 47.7 Å². The molecule has 0 amide bonds. The van der Waals surface area contributed by atoms with Crippen molar-refractivity contribution in [2.24, 2.45) is 0 Å². The van der Waals surface area contributed by atoms with Crippen LogP contribution in [0.25, 0.3) is 0 Å². The summed E-state index contributed by atoms with van der Waals surface area (Å²) in [4.78, 5) is 5.57. The maximum absolute atomic E-state index is 4.16. The molecule has 0 radical (unpaired) electrons. The summed E-state index contributed by atoms with van der Waals surface area (Å²) in [5.41, 5.74) is 1.24. The molecule has 0 saturated heterocycles. The summed E-state index contributed by atoms with van der Waals surface area (Å²) in [7, 11) is 0. The van der Waals surface area contributed by atoms with Crippen LogP contribution >= 0.6 is 11.3 Å². The predicted molar refractivity (Wildman–Crippen MR) is 73.1 cm³/mol. The summed E-state index contributed by atoms with van der Waals surface area (Å²) >= 11 is 1.81. The molecule has 0 aliphatic carbocycles. The van der Waals surface area contributed by atoms with Crippen molar-refractivity contribution in [3.63, 3.8) is 0 Å². The van der Waals surface area contributed by atoms with Gasteiger partial charge in [0.1, 0.15) is 0 Å². The van der Waals surface area contributed by atoms with Crippen LogP contribution in [0.1, 0.15) is 42.8 Å². The first kappa shape index (κ1) is 12.3. The van der Waals surface area contributed by atoms with E-state index in [9.17, 15) is 0 Å². The van der Waals surface area contributed by atoms with Crippen LogP contribution in [0.4, 0.5) is 0 Å². The van der Waals surface area contributed by atoms with E-state index in [1.807, 2.05) is 29.8 Å². The van der Waals surface area contributed by atoms with Gasteiger partial charge >= 0.3 is 0 Å². The van der Waals surface area contributed by atoms with Gasteiger partial charge in [-0.25, -0.2) is 0 Å². The Morgan fingerprint density at radius 3 is 2.82 bits per heavy atom. The third kappa shape index (κ3) is 3.14. The van der Waals surface area contributed by atoms with Crippen molar-refractivity contribution in [3.05, 3.63) is 52.5 Å². The highest BCUT2D eigenvalue weighted by Gasteiger charge is 2.14. The lowest BCUT2D eigenvalue weighted by Crippen LogP contribution is -2.23. The van der Waals surface area contributed by atoms with E-state index < -0.39 is 0 Å². The summed E-state index contributed by atoms with van der Waals surface area (Å²) < 4.78 is 0. The largest absolute Gasteiger partial charge is 0.303 e. The van der Waals surface area contributed by atoms with Gasteiger partial charge in [0.25, 0.3) is 0 Å². The average molecular weight is 246 g/mol. The molecule has 1 N–H and O–H groups in total. The monoisotopic (exact) mass is 246 g/mol. The molecule has 0 aliphatic rings. The Labute approximate surface area is 107 Å². The second-order valence-corrected chi connectivity index (χ2v) is 5.13. The summed E-state index contributed by atoms with van der Waals surface area (Å²) in [5.74, 6) is 0. The molecule has 0 saturated carbocycles. The minimum Gasteiger partial charge on any atom is -0.303 e. The Kier molecular flexibility index (Phi) is 4.29. The van der Waals surface area contributed by atoms with E-state index in [0.717, 1.165) is 6.42 Å². The highest BCUT2D eigenvalue weighted by atomic mass is 32.1. The number of nitrogens with one attached hydrogen (secondary N) is 1. The van der Waals surface area contributed by atoms with E-state index in [1.165, 1.54) is 10.4 Å². The zero-order valence-corrected chi connectivity index (χ0v) is 11.1. The minimum atomic E-state index is 0.329. The van der Waals surface area contributed by atoms with Crippen LogP contribution in [0.3, 0.4) is 0 Å². The Hall–Kier alpha value is -1.19. The Balaban J connectivity index is 2.05. The topological polar surface area (TPSA) is 24.9 Å². The minimum absolute atomic E-state index is 0.329. The number of aromatic nitrogens is 1. The first-order valence-corrected chi connectivity index (χ1v) is 6.88. The molecule has 2 aromatic heterocycles. The van der Waals surface area contributed by atoms with Gasteiger partial charge in [-0.15, -0.1) is 11.3 Å². The molecule has 90 valence electrons. The van der Waals surface area contributed by atoms with E-state index in [-0.39, 0.29) is 0 Å². The van der Waals surface area contributed by atoms with Crippen molar-refractivity contribution in [1.82, 2.24) is 10.3 Å². The number of pyridine rings is 1. The molecule has 2 rings (SSSR count). The molecule has 0 fully saturated rings. The third-order valence-corrected chi connectivity index (χ3v) is 3.92. The molecular weight excluding hydrogens is 228 g/mol. The summed E-state index contributed by atoms with van der Waals surface area (Å²) in [6.45, 7) is 4.40. The quantitative estimate of drug-likeness (QED) is 0.864. The van der Waals surface area contributed by atoms with E-state index in [4.69, 9.17) is 0 Å². The lowest BCUT2D eigenvalue weighted by molar-refractivity contribution is 0.461. The van der Waals surface area contributed by atoms with Crippen LogP contribution in [0, 0.1) is 0 Å². The number of hydrogen-bond donors (Lipinski definition) is 1. The number of rotatable bonds is 5. The Morgan fingerprint density at radius 1 is 1.35 bits per heavy atom. The van der Waals surface area contributed by atoms with Gasteiger partial charge in [0.05, 0.1) is 0 Å². The Bertz CT molecular complexity index is 425. The number of thiophene rings is 1. The van der Waals surface area contributed by atoms with Crippen LogP contribution in [0.15, 0.2) is 42.0 Å². The predicted octanol–water partition coefficient (Wildman–Crippen LogP) is 3.95. The SMILES string of the molecule is CCC(NC(C)c1cccnc1)c1cccs1.